The number of ketones is 1. The molecule has 0 unspecified atom stereocenters. The Hall–Kier alpha value is -2.30. The van der Waals surface area contributed by atoms with E-state index in [0.717, 1.165) is 31.3 Å². The Balaban J connectivity index is 2.00. The van der Waals surface area contributed by atoms with Crippen molar-refractivity contribution in [3.05, 3.63) is 28.8 Å². The van der Waals surface area contributed by atoms with Gasteiger partial charge in [-0.05, 0) is 48.4 Å². The molecule has 0 bridgehead atoms. The predicted molar refractivity (Wildman–Crippen MR) is 81.7 cm³/mol. The second-order valence-electron chi connectivity index (χ2n) is 5.89. The average Bonchev–Trinajstić information content (AvgIpc) is 3.27. The number of aromatic hydroxyl groups is 2. The third kappa shape index (κ3) is 2.36. The number of phenols is 2. The molecule has 1 fully saturated rings. The molecule has 0 saturated heterocycles. The lowest BCUT2D eigenvalue weighted by Crippen LogP contribution is -2.28. The van der Waals surface area contributed by atoms with Crippen LogP contribution in [0.1, 0.15) is 48.5 Å². The van der Waals surface area contributed by atoms with Gasteiger partial charge in [0.1, 0.15) is 0 Å². The molecule has 0 radical (unpaired) electrons. The van der Waals surface area contributed by atoms with Crippen LogP contribution < -0.4 is 5.32 Å². The van der Waals surface area contributed by atoms with E-state index in [1.165, 1.54) is 12.1 Å². The number of phenolic OH excluding ortho intramolecular Hbond substituents is 2. The van der Waals surface area contributed by atoms with Gasteiger partial charge >= 0.3 is 0 Å². The molecule has 1 saturated carbocycles. The fraction of sp³-hybridized carbons (Fsp3) is 0.412. The van der Waals surface area contributed by atoms with E-state index in [-0.39, 0.29) is 34.7 Å². The number of carbonyl (C=O) groups excluding carboxylic acids is 2. The van der Waals surface area contributed by atoms with E-state index in [9.17, 15) is 19.8 Å². The zero-order valence-electron chi connectivity index (χ0n) is 12.5. The Labute approximate surface area is 128 Å². The van der Waals surface area contributed by atoms with Gasteiger partial charge in [-0.3, -0.25) is 9.59 Å². The van der Waals surface area contributed by atoms with Crippen molar-refractivity contribution in [2.45, 2.75) is 32.6 Å². The lowest BCUT2D eigenvalue weighted by Gasteiger charge is -2.07. The number of hydrogen-bond acceptors (Lipinski definition) is 4. The number of Topliss-reactive ketones (excluding diaryl/α,β-unsaturated/α-hetero) is 1. The first-order valence-corrected chi connectivity index (χ1v) is 7.68. The molecule has 3 N–H and O–H groups in total. The molecule has 5 nitrogen and oxygen atoms in total. The quantitative estimate of drug-likeness (QED) is 0.443. The van der Waals surface area contributed by atoms with Crippen molar-refractivity contribution < 1.29 is 19.8 Å². The lowest BCUT2D eigenvalue weighted by molar-refractivity contribution is -0.117. The second-order valence-corrected chi connectivity index (χ2v) is 5.89. The summed E-state index contributed by atoms with van der Waals surface area (Å²) in [6, 6.07) is 2.64. The number of allylic oxidation sites excluding steroid dienone is 1. The Kier molecular flexibility index (Phi) is 3.64. The van der Waals surface area contributed by atoms with Crippen molar-refractivity contribution in [2.75, 3.05) is 6.54 Å². The van der Waals surface area contributed by atoms with Crippen LogP contribution in [0, 0.1) is 5.92 Å². The molecule has 0 heterocycles. The summed E-state index contributed by atoms with van der Waals surface area (Å²) in [4.78, 5) is 25.0. The number of rotatable bonds is 5. The lowest BCUT2D eigenvalue weighted by atomic mass is 10.0. The van der Waals surface area contributed by atoms with Crippen LogP contribution in [0.4, 0.5) is 0 Å². The number of benzene rings is 1. The molecule has 5 heteroatoms. The highest BCUT2D eigenvalue weighted by atomic mass is 16.3. The van der Waals surface area contributed by atoms with E-state index in [1.807, 2.05) is 6.92 Å². The number of nitrogens with one attached hydrogen (secondary N) is 1. The van der Waals surface area contributed by atoms with Gasteiger partial charge in [0.2, 0.25) is 0 Å². The highest BCUT2D eigenvalue weighted by molar-refractivity contribution is 6.35. The summed E-state index contributed by atoms with van der Waals surface area (Å²) in [7, 11) is 0. The molecule has 0 aliphatic heterocycles. The molecule has 2 aliphatic rings. The fourth-order valence-electron chi connectivity index (χ4n) is 2.87. The van der Waals surface area contributed by atoms with Gasteiger partial charge in [-0.1, -0.05) is 13.3 Å². The maximum absolute atomic E-state index is 12.6. The summed E-state index contributed by atoms with van der Waals surface area (Å²) in [5.74, 6) is -1.12. The summed E-state index contributed by atoms with van der Waals surface area (Å²) in [5.41, 5.74) is 1.80. The Morgan fingerprint density at radius 1 is 1.23 bits per heavy atom. The minimum Gasteiger partial charge on any atom is -0.504 e. The van der Waals surface area contributed by atoms with Crippen LogP contribution in [0.25, 0.3) is 5.57 Å². The van der Waals surface area contributed by atoms with Crippen molar-refractivity contribution in [3.8, 4) is 11.5 Å². The molecule has 0 aromatic heterocycles. The smallest absolute Gasteiger partial charge is 0.255 e. The van der Waals surface area contributed by atoms with Crippen LogP contribution in [0.3, 0.4) is 0 Å². The summed E-state index contributed by atoms with van der Waals surface area (Å²) < 4.78 is 0. The normalized spacial score (nSPS) is 16.9. The van der Waals surface area contributed by atoms with E-state index in [2.05, 4.69) is 5.32 Å². The Bertz CT molecular complexity index is 686. The van der Waals surface area contributed by atoms with Gasteiger partial charge < -0.3 is 15.5 Å². The van der Waals surface area contributed by atoms with Gasteiger partial charge in [0.25, 0.3) is 5.91 Å². The Morgan fingerprint density at radius 3 is 2.45 bits per heavy atom. The summed E-state index contributed by atoms with van der Waals surface area (Å²) >= 11 is 0. The molecule has 0 spiro atoms. The maximum Gasteiger partial charge on any atom is 0.255 e. The number of carbonyl (C=O) groups is 2. The SMILES string of the molecule is CCCCNC(=O)C1=C(C2CC2)c2cc(O)c(O)cc2C1=O. The van der Waals surface area contributed by atoms with Gasteiger partial charge in [-0.15, -0.1) is 0 Å². The molecule has 0 atom stereocenters. The Morgan fingerprint density at radius 2 is 1.86 bits per heavy atom. The largest absolute Gasteiger partial charge is 0.504 e. The third-order valence-corrected chi connectivity index (χ3v) is 4.17. The van der Waals surface area contributed by atoms with Gasteiger partial charge in [0.05, 0.1) is 5.57 Å². The maximum atomic E-state index is 12.6. The van der Waals surface area contributed by atoms with E-state index in [4.69, 9.17) is 0 Å². The second kappa shape index (κ2) is 5.48. The highest BCUT2D eigenvalue weighted by Crippen LogP contribution is 2.50. The van der Waals surface area contributed by atoms with Crippen molar-refractivity contribution in [2.24, 2.45) is 5.92 Å². The molecule has 1 amide bonds. The van der Waals surface area contributed by atoms with Crippen LogP contribution >= 0.6 is 0 Å². The predicted octanol–water partition coefficient (Wildman–Crippen LogP) is 2.37. The topological polar surface area (TPSA) is 86.6 Å². The standard InChI is InChI=1S/C17H19NO4/c1-2-3-6-18-17(22)15-14(9-4-5-9)10-7-12(19)13(20)8-11(10)16(15)21/h7-9,19-20H,2-6H2,1H3,(H,18,22). The molecular weight excluding hydrogens is 282 g/mol. The molecule has 22 heavy (non-hydrogen) atoms. The van der Waals surface area contributed by atoms with Gasteiger partial charge in [-0.2, -0.15) is 0 Å². The third-order valence-electron chi connectivity index (χ3n) is 4.17. The van der Waals surface area contributed by atoms with Gasteiger partial charge in [0, 0.05) is 12.1 Å². The summed E-state index contributed by atoms with van der Waals surface area (Å²) in [6.07, 6.45) is 3.70. The monoisotopic (exact) mass is 301 g/mol. The molecule has 1 aromatic rings. The van der Waals surface area contributed by atoms with Crippen LogP contribution in [-0.4, -0.2) is 28.4 Å². The van der Waals surface area contributed by atoms with E-state index < -0.39 is 0 Å². The number of unbranched alkanes of at least 4 members (excludes halogenated alkanes) is 1. The van der Waals surface area contributed by atoms with E-state index >= 15 is 0 Å². The zero-order chi connectivity index (χ0) is 15.9. The summed E-state index contributed by atoms with van der Waals surface area (Å²) in [6.45, 7) is 2.57. The first kappa shape index (κ1) is 14.6. The highest BCUT2D eigenvalue weighted by Gasteiger charge is 2.41. The van der Waals surface area contributed by atoms with Crippen molar-refractivity contribution >= 4 is 17.3 Å². The van der Waals surface area contributed by atoms with E-state index in [1.54, 1.807) is 0 Å². The van der Waals surface area contributed by atoms with Crippen molar-refractivity contribution in [3.63, 3.8) is 0 Å². The van der Waals surface area contributed by atoms with Crippen LogP contribution in [0.15, 0.2) is 17.7 Å². The molecule has 3 rings (SSSR count). The summed E-state index contributed by atoms with van der Waals surface area (Å²) in [5, 5.41) is 22.1. The minimum absolute atomic E-state index is 0.179. The van der Waals surface area contributed by atoms with Crippen molar-refractivity contribution in [1.29, 1.82) is 0 Å². The first-order chi connectivity index (χ1) is 10.5. The van der Waals surface area contributed by atoms with Crippen LogP contribution in [-0.2, 0) is 4.79 Å². The zero-order valence-corrected chi connectivity index (χ0v) is 12.5. The minimum atomic E-state index is -0.360. The number of fused-ring (bicyclic) bond motifs is 1. The fourth-order valence-corrected chi connectivity index (χ4v) is 2.87. The average molecular weight is 301 g/mol. The van der Waals surface area contributed by atoms with Gasteiger partial charge in [0.15, 0.2) is 17.3 Å². The molecule has 116 valence electrons. The van der Waals surface area contributed by atoms with E-state index in [0.29, 0.717) is 17.7 Å². The van der Waals surface area contributed by atoms with Crippen molar-refractivity contribution in [1.82, 2.24) is 5.32 Å². The molecule has 1 aromatic carbocycles. The van der Waals surface area contributed by atoms with Gasteiger partial charge in [-0.25, -0.2) is 0 Å². The number of hydrogen-bond donors (Lipinski definition) is 3. The molecular formula is C17H19NO4. The van der Waals surface area contributed by atoms with Crippen LogP contribution in [0.5, 0.6) is 11.5 Å². The number of amides is 1. The van der Waals surface area contributed by atoms with Crippen LogP contribution in [0.2, 0.25) is 0 Å². The first-order valence-electron chi connectivity index (χ1n) is 7.68. The molecule has 2 aliphatic carbocycles.